The van der Waals surface area contributed by atoms with E-state index in [2.05, 4.69) is 4.74 Å². The number of hydrogen-bond acceptors (Lipinski definition) is 3. The summed E-state index contributed by atoms with van der Waals surface area (Å²) in [6.07, 6.45) is 1.72. The molecular formula is C9H12N2O3. The lowest BCUT2D eigenvalue weighted by molar-refractivity contribution is -0.117. The zero-order valence-electron chi connectivity index (χ0n) is 8.11. The number of aromatic nitrogens is 1. The van der Waals surface area contributed by atoms with E-state index in [0.29, 0.717) is 11.3 Å². The van der Waals surface area contributed by atoms with Crippen molar-refractivity contribution >= 4 is 11.9 Å². The Balaban J connectivity index is 3.05. The van der Waals surface area contributed by atoms with E-state index in [1.807, 2.05) is 0 Å². The van der Waals surface area contributed by atoms with Crippen molar-refractivity contribution in [3.05, 3.63) is 23.5 Å². The highest BCUT2D eigenvalue weighted by atomic mass is 16.5. The van der Waals surface area contributed by atoms with Crippen LogP contribution in [0.1, 0.15) is 16.1 Å². The molecule has 0 saturated carbocycles. The molecule has 14 heavy (non-hydrogen) atoms. The van der Waals surface area contributed by atoms with Gasteiger partial charge in [0.1, 0.15) is 0 Å². The lowest BCUT2D eigenvalue weighted by atomic mass is 10.2. The third-order valence-electron chi connectivity index (χ3n) is 1.95. The number of carbonyl (C=O) groups is 2. The third kappa shape index (κ3) is 1.93. The summed E-state index contributed by atoms with van der Waals surface area (Å²) in [6, 6.07) is 1.60. The van der Waals surface area contributed by atoms with Crippen LogP contribution in [0.3, 0.4) is 0 Å². The quantitative estimate of drug-likeness (QED) is 0.682. The molecule has 0 radical (unpaired) electrons. The Kier molecular flexibility index (Phi) is 2.91. The zero-order valence-corrected chi connectivity index (χ0v) is 8.11. The number of ether oxygens (including phenoxy) is 1. The first-order valence-electron chi connectivity index (χ1n) is 4.07. The van der Waals surface area contributed by atoms with E-state index in [9.17, 15) is 9.59 Å². The highest BCUT2D eigenvalue weighted by Crippen LogP contribution is 2.11. The van der Waals surface area contributed by atoms with Gasteiger partial charge in [0.25, 0.3) is 0 Å². The molecule has 0 bridgehead atoms. The molecule has 0 atom stereocenters. The minimum Gasteiger partial charge on any atom is -0.465 e. The van der Waals surface area contributed by atoms with Crippen molar-refractivity contribution < 1.29 is 14.3 Å². The molecular weight excluding hydrogens is 184 g/mol. The Labute approximate surface area is 81.5 Å². The molecule has 1 rings (SSSR count). The van der Waals surface area contributed by atoms with Crippen molar-refractivity contribution in [3.8, 4) is 0 Å². The first kappa shape index (κ1) is 10.3. The summed E-state index contributed by atoms with van der Waals surface area (Å²) in [4.78, 5) is 22.0. The van der Waals surface area contributed by atoms with E-state index in [-0.39, 0.29) is 6.42 Å². The second-order valence-corrected chi connectivity index (χ2v) is 2.92. The second-order valence-electron chi connectivity index (χ2n) is 2.92. The summed E-state index contributed by atoms with van der Waals surface area (Å²) in [7, 11) is 3.04. The summed E-state index contributed by atoms with van der Waals surface area (Å²) < 4.78 is 6.25. The third-order valence-corrected chi connectivity index (χ3v) is 1.95. The van der Waals surface area contributed by atoms with Gasteiger partial charge in [0.2, 0.25) is 5.91 Å². The summed E-state index contributed by atoms with van der Waals surface area (Å²) in [5.74, 6) is -0.932. The molecule has 0 unspecified atom stereocenters. The van der Waals surface area contributed by atoms with E-state index in [1.54, 1.807) is 23.9 Å². The standard InChI is InChI=1S/C9H12N2O3/c1-11-4-3-6(9(13)14-2)7(11)5-8(10)12/h3-4H,5H2,1-2H3,(H2,10,12). The fourth-order valence-corrected chi connectivity index (χ4v) is 1.24. The molecule has 0 aliphatic rings. The molecule has 0 aromatic carbocycles. The van der Waals surface area contributed by atoms with Crippen LogP contribution in [0.2, 0.25) is 0 Å². The van der Waals surface area contributed by atoms with E-state index in [0.717, 1.165) is 0 Å². The average molecular weight is 196 g/mol. The Hall–Kier alpha value is -1.78. The largest absolute Gasteiger partial charge is 0.465 e. The number of rotatable bonds is 3. The van der Waals surface area contributed by atoms with Gasteiger partial charge in [0.15, 0.2) is 0 Å². The number of hydrogen-bond donors (Lipinski definition) is 1. The number of nitrogens with zero attached hydrogens (tertiary/aromatic N) is 1. The zero-order chi connectivity index (χ0) is 10.7. The molecule has 1 aromatic rings. The number of primary amides is 1. The first-order chi connectivity index (χ1) is 6.56. The van der Waals surface area contributed by atoms with Crippen LogP contribution < -0.4 is 5.73 Å². The number of esters is 1. The molecule has 76 valence electrons. The fraction of sp³-hybridized carbons (Fsp3) is 0.333. The molecule has 2 N–H and O–H groups in total. The molecule has 0 aliphatic heterocycles. The van der Waals surface area contributed by atoms with Crippen molar-refractivity contribution in [2.75, 3.05) is 7.11 Å². The number of nitrogens with two attached hydrogens (primary N) is 1. The van der Waals surface area contributed by atoms with Crippen LogP contribution in [0, 0.1) is 0 Å². The molecule has 1 heterocycles. The first-order valence-corrected chi connectivity index (χ1v) is 4.07. The van der Waals surface area contributed by atoms with Gasteiger partial charge in [0, 0.05) is 18.9 Å². The number of aryl methyl sites for hydroxylation is 1. The lowest BCUT2D eigenvalue weighted by Crippen LogP contribution is -2.18. The molecule has 5 nitrogen and oxygen atoms in total. The topological polar surface area (TPSA) is 74.3 Å². The van der Waals surface area contributed by atoms with Crippen molar-refractivity contribution in [1.82, 2.24) is 4.57 Å². The van der Waals surface area contributed by atoms with Gasteiger partial charge in [-0.15, -0.1) is 0 Å². The lowest BCUT2D eigenvalue weighted by Gasteiger charge is -2.03. The average Bonchev–Trinajstić information content (AvgIpc) is 2.46. The SMILES string of the molecule is COC(=O)c1ccn(C)c1CC(N)=O. The van der Waals surface area contributed by atoms with Crippen molar-refractivity contribution in [1.29, 1.82) is 0 Å². The minimum atomic E-state index is -0.475. The van der Waals surface area contributed by atoms with Crippen LogP contribution >= 0.6 is 0 Å². The molecule has 0 saturated heterocycles. The van der Waals surface area contributed by atoms with Gasteiger partial charge in [-0.2, -0.15) is 0 Å². The maximum Gasteiger partial charge on any atom is 0.339 e. The van der Waals surface area contributed by atoms with E-state index in [1.165, 1.54) is 7.11 Å². The Bertz CT molecular complexity index is 368. The van der Waals surface area contributed by atoms with Gasteiger partial charge in [-0.3, -0.25) is 4.79 Å². The van der Waals surface area contributed by atoms with Crippen molar-refractivity contribution in [2.24, 2.45) is 12.8 Å². The smallest absolute Gasteiger partial charge is 0.339 e. The highest BCUT2D eigenvalue weighted by Gasteiger charge is 2.16. The van der Waals surface area contributed by atoms with Crippen molar-refractivity contribution in [3.63, 3.8) is 0 Å². The van der Waals surface area contributed by atoms with E-state index >= 15 is 0 Å². The fourth-order valence-electron chi connectivity index (χ4n) is 1.24. The van der Waals surface area contributed by atoms with Gasteiger partial charge in [-0.05, 0) is 6.07 Å². The summed E-state index contributed by atoms with van der Waals surface area (Å²) >= 11 is 0. The number of amides is 1. The number of carbonyl (C=O) groups excluding carboxylic acids is 2. The molecule has 0 aliphatic carbocycles. The Morgan fingerprint density at radius 1 is 1.57 bits per heavy atom. The maximum atomic E-state index is 11.2. The summed E-state index contributed by atoms with van der Waals surface area (Å²) in [5, 5.41) is 0. The second kappa shape index (κ2) is 3.95. The Morgan fingerprint density at radius 2 is 2.21 bits per heavy atom. The van der Waals surface area contributed by atoms with Crippen LogP contribution in [0.5, 0.6) is 0 Å². The van der Waals surface area contributed by atoms with Crippen LogP contribution in [0.25, 0.3) is 0 Å². The maximum absolute atomic E-state index is 11.2. The van der Waals surface area contributed by atoms with Crippen LogP contribution in [0.15, 0.2) is 12.3 Å². The molecule has 0 spiro atoms. The molecule has 0 fully saturated rings. The van der Waals surface area contributed by atoms with Gasteiger partial charge >= 0.3 is 5.97 Å². The number of methoxy groups -OCH3 is 1. The predicted molar refractivity (Wildman–Crippen MR) is 49.7 cm³/mol. The normalized spacial score (nSPS) is 9.86. The highest BCUT2D eigenvalue weighted by molar-refractivity contribution is 5.92. The van der Waals surface area contributed by atoms with Gasteiger partial charge in [-0.25, -0.2) is 4.79 Å². The van der Waals surface area contributed by atoms with Gasteiger partial charge < -0.3 is 15.0 Å². The summed E-state index contributed by atoms with van der Waals surface area (Å²) in [6.45, 7) is 0. The summed E-state index contributed by atoms with van der Waals surface area (Å²) in [5.41, 5.74) is 6.02. The van der Waals surface area contributed by atoms with Crippen LogP contribution in [0.4, 0.5) is 0 Å². The monoisotopic (exact) mass is 196 g/mol. The van der Waals surface area contributed by atoms with Crippen molar-refractivity contribution in [2.45, 2.75) is 6.42 Å². The van der Waals surface area contributed by atoms with E-state index in [4.69, 9.17) is 5.73 Å². The van der Waals surface area contributed by atoms with Gasteiger partial charge in [0.05, 0.1) is 19.1 Å². The predicted octanol–water partition coefficient (Wildman–Crippen LogP) is -0.160. The Morgan fingerprint density at radius 3 is 2.71 bits per heavy atom. The van der Waals surface area contributed by atoms with E-state index < -0.39 is 11.9 Å². The molecule has 1 amide bonds. The molecule has 5 heteroatoms. The van der Waals surface area contributed by atoms with Crippen LogP contribution in [-0.2, 0) is 23.0 Å². The van der Waals surface area contributed by atoms with Gasteiger partial charge in [-0.1, -0.05) is 0 Å². The minimum absolute atomic E-state index is 0.0356. The van der Waals surface area contributed by atoms with Crippen LogP contribution in [-0.4, -0.2) is 23.6 Å². The molecule has 1 aromatic heterocycles.